The highest BCUT2D eigenvalue weighted by atomic mass is 19.1. The molecule has 1 aliphatic heterocycles. The van der Waals surface area contributed by atoms with Crippen LogP contribution >= 0.6 is 0 Å². The molecular weight excluding hydrogens is 436 g/mol. The summed E-state index contributed by atoms with van der Waals surface area (Å²) in [4.78, 5) is 27.4. The minimum Gasteiger partial charge on any atom is -0.476 e. The highest BCUT2D eigenvalue weighted by Gasteiger charge is 2.29. The average molecular weight is 457 g/mol. The highest BCUT2D eigenvalue weighted by Crippen LogP contribution is 2.34. The molecule has 2 aliphatic rings. The van der Waals surface area contributed by atoms with E-state index in [-0.39, 0.29) is 35.5 Å². The van der Waals surface area contributed by atoms with Crippen LogP contribution in [0.2, 0.25) is 0 Å². The second-order valence-corrected chi connectivity index (χ2v) is 8.14. The third-order valence-electron chi connectivity index (χ3n) is 5.87. The minimum atomic E-state index is -1.16. The van der Waals surface area contributed by atoms with E-state index in [9.17, 15) is 13.6 Å². The number of nitrogens with zero attached hydrogens (tertiary/aromatic N) is 4. The van der Waals surface area contributed by atoms with Gasteiger partial charge in [-0.3, -0.25) is 0 Å². The number of anilines is 3. The van der Waals surface area contributed by atoms with Gasteiger partial charge in [0.05, 0.1) is 18.3 Å². The number of aromatic nitrogens is 4. The molecule has 0 saturated heterocycles. The van der Waals surface area contributed by atoms with E-state index < -0.39 is 17.6 Å². The molecule has 33 heavy (non-hydrogen) atoms. The van der Waals surface area contributed by atoms with Crippen molar-refractivity contribution in [1.29, 1.82) is 0 Å². The van der Waals surface area contributed by atoms with E-state index in [0.29, 0.717) is 30.2 Å². The summed E-state index contributed by atoms with van der Waals surface area (Å²) in [5.41, 5.74) is 0.470. The van der Waals surface area contributed by atoms with Crippen LogP contribution in [0.3, 0.4) is 0 Å². The summed E-state index contributed by atoms with van der Waals surface area (Å²) >= 11 is 0. The van der Waals surface area contributed by atoms with Gasteiger partial charge in [-0.05, 0) is 31.7 Å². The van der Waals surface area contributed by atoms with Gasteiger partial charge >= 0.3 is 5.97 Å². The first kappa shape index (κ1) is 21.0. The van der Waals surface area contributed by atoms with E-state index in [0.717, 1.165) is 37.9 Å². The van der Waals surface area contributed by atoms with Gasteiger partial charge < -0.3 is 25.5 Å². The van der Waals surface area contributed by atoms with E-state index in [2.05, 4.69) is 35.9 Å². The third kappa shape index (κ3) is 4.41. The Morgan fingerprint density at radius 3 is 2.76 bits per heavy atom. The summed E-state index contributed by atoms with van der Waals surface area (Å²) in [6.45, 7) is 0.445. The van der Waals surface area contributed by atoms with Crippen molar-refractivity contribution in [3.63, 3.8) is 0 Å². The van der Waals surface area contributed by atoms with Crippen molar-refractivity contribution in [2.24, 2.45) is 0 Å². The second-order valence-electron chi connectivity index (χ2n) is 8.14. The molecule has 1 fully saturated rings. The standard InChI is InChI=1S/C21H21F2N7O3/c22-10-4-13-14(7-25-17(13)24-6-10)18-26-8-15(23)19(30-18)27-11-2-1-3-12(5-11)28-21-29-16(9-33-21)20(31)32/h4,6,8-9,11-12,14H,1-3,5,7H2,(H,24,25)(H,28,29)(H,31,32)(H,26,27,30)/t11-,12+,14?/m0/s1. The first-order chi connectivity index (χ1) is 16.0. The first-order valence-corrected chi connectivity index (χ1v) is 10.6. The molecule has 0 amide bonds. The molecule has 1 unspecified atom stereocenters. The molecule has 5 rings (SSSR count). The zero-order valence-corrected chi connectivity index (χ0v) is 17.4. The number of halogens is 2. The number of hydrogen-bond donors (Lipinski definition) is 4. The summed E-state index contributed by atoms with van der Waals surface area (Å²) in [5, 5.41) is 18.3. The quantitative estimate of drug-likeness (QED) is 0.436. The first-order valence-electron chi connectivity index (χ1n) is 10.6. The summed E-state index contributed by atoms with van der Waals surface area (Å²) in [6, 6.07) is 1.43. The van der Waals surface area contributed by atoms with Crippen LogP contribution in [0.5, 0.6) is 0 Å². The van der Waals surface area contributed by atoms with Crippen molar-refractivity contribution in [1.82, 2.24) is 19.9 Å². The van der Waals surface area contributed by atoms with E-state index in [1.165, 1.54) is 6.07 Å². The number of aromatic carboxylic acids is 1. The number of oxazole rings is 1. The zero-order chi connectivity index (χ0) is 22.9. The molecule has 0 spiro atoms. The van der Waals surface area contributed by atoms with E-state index >= 15 is 0 Å². The van der Waals surface area contributed by atoms with Crippen LogP contribution < -0.4 is 16.0 Å². The van der Waals surface area contributed by atoms with Gasteiger partial charge in [-0.2, -0.15) is 4.98 Å². The molecule has 0 radical (unpaired) electrons. The fraction of sp³-hybridized carbons (Fsp3) is 0.381. The molecule has 172 valence electrons. The highest BCUT2D eigenvalue weighted by molar-refractivity contribution is 5.85. The lowest BCUT2D eigenvalue weighted by Crippen LogP contribution is -2.35. The molecule has 3 atom stereocenters. The van der Waals surface area contributed by atoms with E-state index in [1.54, 1.807) is 0 Å². The Balaban J connectivity index is 1.28. The number of rotatable bonds is 6. The monoisotopic (exact) mass is 457 g/mol. The van der Waals surface area contributed by atoms with Gasteiger partial charge in [0.15, 0.2) is 17.3 Å². The number of carbonyl (C=O) groups is 1. The second kappa shape index (κ2) is 8.60. The average Bonchev–Trinajstić information content (AvgIpc) is 3.43. The maximum atomic E-state index is 14.5. The van der Waals surface area contributed by atoms with E-state index in [4.69, 9.17) is 9.52 Å². The summed E-state index contributed by atoms with van der Waals surface area (Å²) in [5.74, 6) is -1.48. The number of carboxylic acid groups (broad SMARTS) is 1. The van der Waals surface area contributed by atoms with Crippen molar-refractivity contribution in [3.05, 3.63) is 53.4 Å². The molecule has 12 heteroatoms. The van der Waals surface area contributed by atoms with Crippen LogP contribution in [0.25, 0.3) is 0 Å². The Morgan fingerprint density at radius 2 is 1.97 bits per heavy atom. The lowest BCUT2D eigenvalue weighted by molar-refractivity contribution is 0.0690. The number of fused-ring (bicyclic) bond motifs is 1. The normalized spacial score (nSPS) is 21.8. The SMILES string of the molecule is O=C(O)c1coc(N[C@@H]2CCC[C@H](Nc3nc(C4CNc5ncc(F)cc54)ncc3F)C2)n1. The smallest absolute Gasteiger partial charge is 0.357 e. The summed E-state index contributed by atoms with van der Waals surface area (Å²) in [7, 11) is 0. The topological polar surface area (TPSA) is 138 Å². The van der Waals surface area contributed by atoms with Gasteiger partial charge in [0, 0.05) is 24.2 Å². The zero-order valence-electron chi connectivity index (χ0n) is 17.4. The molecule has 1 aliphatic carbocycles. The third-order valence-corrected chi connectivity index (χ3v) is 5.87. The van der Waals surface area contributed by atoms with Gasteiger partial charge in [-0.25, -0.2) is 28.5 Å². The fourth-order valence-corrected chi connectivity index (χ4v) is 4.32. The fourth-order valence-electron chi connectivity index (χ4n) is 4.32. The number of carboxylic acids is 1. The number of pyridine rings is 1. The molecule has 4 heterocycles. The Bertz CT molecular complexity index is 1190. The van der Waals surface area contributed by atoms with Crippen molar-refractivity contribution in [2.75, 3.05) is 22.5 Å². The van der Waals surface area contributed by atoms with E-state index in [1.807, 2.05) is 0 Å². The Kier molecular flexibility index (Phi) is 5.48. The molecule has 10 nitrogen and oxygen atoms in total. The van der Waals surface area contributed by atoms with Crippen LogP contribution in [-0.4, -0.2) is 49.6 Å². The van der Waals surface area contributed by atoms with Crippen molar-refractivity contribution in [3.8, 4) is 0 Å². The maximum Gasteiger partial charge on any atom is 0.357 e. The predicted octanol–water partition coefficient (Wildman–Crippen LogP) is 3.23. The van der Waals surface area contributed by atoms with Crippen LogP contribution in [0.15, 0.2) is 29.1 Å². The Hall–Kier alpha value is -3.83. The number of nitrogens with one attached hydrogen (secondary N) is 3. The van der Waals surface area contributed by atoms with Gasteiger partial charge in [-0.15, -0.1) is 0 Å². The molecule has 1 saturated carbocycles. The van der Waals surface area contributed by atoms with Gasteiger partial charge in [0.25, 0.3) is 6.01 Å². The van der Waals surface area contributed by atoms with Gasteiger partial charge in [0.1, 0.15) is 23.7 Å². The predicted molar refractivity (Wildman–Crippen MR) is 113 cm³/mol. The Morgan fingerprint density at radius 1 is 1.15 bits per heavy atom. The lowest BCUT2D eigenvalue weighted by Gasteiger charge is -2.30. The molecule has 3 aromatic rings. The molecular formula is C21H21F2N7O3. The molecule has 3 aromatic heterocycles. The molecule has 0 aromatic carbocycles. The van der Waals surface area contributed by atoms with Crippen molar-refractivity contribution >= 4 is 23.6 Å². The van der Waals surface area contributed by atoms with Crippen molar-refractivity contribution in [2.45, 2.75) is 43.7 Å². The summed E-state index contributed by atoms with van der Waals surface area (Å²) in [6.07, 6.45) is 6.49. The van der Waals surface area contributed by atoms with Crippen LogP contribution in [0.1, 0.15) is 53.5 Å². The Labute approximate surface area is 186 Å². The van der Waals surface area contributed by atoms with Gasteiger partial charge in [0.2, 0.25) is 0 Å². The summed E-state index contributed by atoms with van der Waals surface area (Å²) < 4.78 is 33.4. The maximum absolute atomic E-state index is 14.5. The minimum absolute atomic E-state index is 0.0270. The van der Waals surface area contributed by atoms with Crippen LogP contribution in [-0.2, 0) is 0 Å². The van der Waals surface area contributed by atoms with Crippen LogP contribution in [0.4, 0.5) is 26.4 Å². The van der Waals surface area contributed by atoms with Gasteiger partial charge in [-0.1, -0.05) is 0 Å². The number of hydrogen-bond acceptors (Lipinski definition) is 9. The lowest BCUT2D eigenvalue weighted by atomic mass is 9.91. The molecule has 4 N–H and O–H groups in total. The van der Waals surface area contributed by atoms with Crippen molar-refractivity contribution < 1.29 is 23.1 Å². The molecule has 0 bridgehead atoms. The van der Waals surface area contributed by atoms with Crippen LogP contribution in [0, 0.1) is 11.6 Å². The largest absolute Gasteiger partial charge is 0.476 e.